The third-order valence-electron chi connectivity index (χ3n) is 3.04. The number of hydrogen-bond acceptors (Lipinski definition) is 3. The summed E-state index contributed by atoms with van der Waals surface area (Å²) < 4.78 is 3.87. The van der Waals surface area contributed by atoms with E-state index in [4.69, 9.17) is 0 Å². The Bertz CT molecular complexity index is 868. The zero-order chi connectivity index (χ0) is 13.6. The standard InChI is InChI=1S/C13H12N4O2/c1-9-3-5-10(6-4-9)16-7-8-17-11(12(16)18)14-15(2)13(17)19/h3-8H,1-2H3. The average Bonchev–Trinajstić information content (AvgIpc) is 2.69. The zero-order valence-electron chi connectivity index (χ0n) is 10.6. The van der Waals surface area contributed by atoms with E-state index in [1.807, 2.05) is 31.2 Å². The van der Waals surface area contributed by atoms with Crippen molar-refractivity contribution < 1.29 is 0 Å². The van der Waals surface area contributed by atoms with E-state index in [1.165, 1.54) is 16.0 Å². The van der Waals surface area contributed by atoms with E-state index >= 15 is 0 Å². The third-order valence-corrected chi connectivity index (χ3v) is 3.04. The van der Waals surface area contributed by atoms with E-state index in [-0.39, 0.29) is 16.9 Å². The molecule has 0 saturated carbocycles. The van der Waals surface area contributed by atoms with Crippen molar-refractivity contribution in [3.63, 3.8) is 0 Å². The minimum atomic E-state index is -0.330. The smallest absolute Gasteiger partial charge is 0.280 e. The normalized spacial score (nSPS) is 11.1. The molecule has 1 aromatic carbocycles. The second kappa shape index (κ2) is 3.94. The predicted octanol–water partition coefficient (Wildman–Crippen LogP) is 0.492. The van der Waals surface area contributed by atoms with Crippen LogP contribution in [-0.4, -0.2) is 18.7 Å². The van der Waals surface area contributed by atoms with Crippen LogP contribution in [0.3, 0.4) is 0 Å². The molecule has 6 nitrogen and oxygen atoms in total. The van der Waals surface area contributed by atoms with Crippen LogP contribution in [0.2, 0.25) is 0 Å². The maximum absolute atomic E-state index is 12.3. The van der Waals surface area contributed by atoms with Gasteiger partial charge in [-0.2, -0.15) is 0 Å². The fourth-order valence-corrected chi connectivity index (χ4v) is 1.98. The molecule has 0 unspecified atom stereocenters. The molecule has 2 heterocycles. The van der Waals surface area contributed by atoms with Gasteiger partial charge in [-0.25, -0.2) is 13.9 Å². The highest BCUT2D eigenvalue weighted by Crippen LogP contribution is 2.06. The summed E-state index contributed by atoms with van der Waals surface area (Å²) in [7, 11) is 1.52. The molecule has 0 spiro atoms. The lowest BCUT2D eigenvalue weighted by Crippen LogP contribution is -2.23. The van der Waals surface area contributed by atoms with Crippen LogP contribution in [0.4, 0.5) is 0 Å². The summed E-state index contributed by atoms with van der Waals surface area (Å²) >= 11 is 0. The second-order valence-corrected chi connectivity index (χ2v) is 4.41. The van der Waals surface area contributed by atoms with Gasteiger partial charge in [-0.15, -0.1) is 5.10 Å². The van der Waals surface area contributed by atoms with Crippen LogP contribution in [-0.2, 0) is 7.05 Å². The van der Waals surface area contributed by atoms with E-state index in [0.29, 0.717) is 0 Å². The lowest BCUT2D eigenvalue weighted by Gasteiger charge is -2.05. The van der Waals surface area contributed by atoms with Crippen molar-refractivity contribution in [1.82, 2.24) is 18.7 Å². The topological polar surface area (TPSA) is 61.3 Å². The second-order valence-electron chi connectivity index (χ2n) is 4.41. The molecule has 0 aliphatic rings. The van der Waals surface area contributed by atoms with E-state index in [1.54, 1.807) is 12.4 Å². The summed E-state index contributed by atoms with van der Waals surface area (Å²) in [6.45, 7) is 1.98. The van der Waals surface area contributed by atoms with Gasteiger partial charge in [-0.1, -0.05) is 17.7 Å². The molecule has 3 rings (SSSR count). The van der Waals surface area contributed by atoms with Crippen molar-refractivity contribution in [2.45, 2.75) is 6.92 Å². The number of nitrogens with zero attached hydrogens (tertiary/aromatic N) is 4. The molecule has 96 valence electrons. The van der Waals surface area contributed by atoms with Crippen molar-refractivity contribution in [3.8, 4) is 5.69 Å². The summed E-state index contributed by atoms with van der Waals surface area (Å²) in [5.41, 5.74) is 1.34. The first-order chi connectivity index (χ1) is 9.08. The fraction of sp³-hybridized carbons (Fsp3) is 0.154. The Labute approximate surface area is 108 Å². The quantitative estimate of drug-likeness (QED) is 0.636. The van der Waals surface area contributed by atoms with Crippen LogP contribution in [0, 0.1) is 6.92 Å². The first-order valence-corrected chi connectivity index (χ1v) is 5.82. The molecule has 0 amide bonds. The lowest BCUT2D eigenvalue weighted by molar-refractivity contribution is 0.732. The lowest BCUT2D eigenvalue weighted by atomic mass is 10.2. The third kappa shape index (κ3) is 1.69. The van der Waals surface area contributed by atoms with Crippen LogP contribution in [0.5, 0.6) is 0 Å². The SMILES string of the molecule is Cc1ccc(-n2ccn3c(=O)n(C)nc3c2=O)cc1. The van der Waals surface area contributed by atoms with Gasteiger partial charge < -0.3 is 0 Å². The first kappa shape index (κ1) is 11.5. The average molecular weight is 256 g/mol. The Morgan fingerprint density at radius 3 is 2.42 bits per heavy atom. The molecule has 6 heteroatoms. The molecular formula is C13H12N4O2. The zero-order valence-corrected chi connectivity index (χ0v) is 10.6. The molecule has 2 aromatic heterocycles. The van der Waals surface area contributed by atoms with Gasteiger partial charge in [0.05, 0.1) is 0 Å². The predicted molar refractivity (Wildman–Crippen MR) is 70.8 cm³/mol. The molecule has 0 N–H and O–H groups in total. The van der Waals surface area contributed by atoms with Crippen molar-refractivity contribution in [3.05, 3.63) is 63.1 Å². The highest BCUT2D eigenvalue weighted by molar-refractivity contribution is 5.40. The van der Waals surface area contributed by atoms with E-state index < -0.39 is 0 Å². The van der Waals surface area contributed by atoms with Crippen LogP contribution < -0.4 is 11.2 Å². The van der Waals surface area contributed by atoms with Gasteiger partial charge in [0.25, 0.3) is 0 Å². The van der Waals surface area contributed by atoms with Gasteiger partial charge in [-0.3, -0.25) is 9.36 Å². The highest BCUT2D eigenvalue weighted by Gasteiger charge is 2.10. The number of rotatable bonds is 1. The van der Waals surface area contributed by atoms with E-state index in [2.05, 4.69) is 5.10 Å². The summed E-state index contributed by atoms with van der Waals surface area (Å²) in [5.74, 6) is 0. The summed E-state index contributed by atoms with van der Waals surface area (Å²) in [5, 5.41) is 3.95. The molecule has 19 heavy (non-hydrogen) atoms. The van der Waals surface area contributed by atoms with Gasteiger partial charge in [0, 0.05) is 25.1 Å². The van der Waals surface area contributed by atoms with Gasteiger partial charge >= 0.3 is 11.2 Å². The van der Waals surface area contributed by atoms with Crippen molar-refractivity contribution >= 4 is 5.65 Å². The van der Waals surface area contributed by atoms with Crippen LogP contribution in [0.15, 0.2) is 46.2 Å². The molecule has 0 atom stereocenters. The molecular weight excluding hydrogens is 244 g/mol. The Morgan fingerprint density at radius 1 is 1.05 bits per heavy atom. The summed E-state index contributed by atoms with van der Waals surface area (Å²) in [6, 6.07) is 7.57. The molecule has 0 radical (unpaired) electrons. The minimum absolute atomic E-state index is 0.121. The maximum atomic E-state index is 12.3. The summed E-state index contributed by atoms with van der Waals surface area (Å²) in [4.78, 5) is 24.0. The Balaban J connectivity index is 2.32. The molecule has 0 aliphatic heterocycles. The van der Waals surface area contributed by atoms with E-state index in [9.17, 15) is 9.59 Å². The molecule has 0 fully saturated rings. The van der Waals surface area contributed by atoms with Gasteiger partial charge in [0.1, 0.15) is 0 Å². The first-order valence-electron chi connectivity index (χ1n) is 5.82. The molecule has 0 bridgehead atoms. The largest absolute Gasteiger partial charge is 0.350 e. The van der Waals surface area contributed by atoms with Crippen LogP contribution in [0.1, 0.15) is 5.56 Å². The number of benzene rings is 1. The van der Waals surface area contributed by atoms with Crippen LogP contribution in [0.25, 0.3) is 11.3 Å². The van der Waals surface area contributed by atoms with Crippen LogP contribution >= 0.6 is 0 Å². The highest BCUT2D eigenvalue weighted by atomic mass is 16.2. The molecule has 0 aliphatic carbocycles. The van der Waals surface area contributed by atoms with Crippen molar-refractivity contribution in [1.29, 1.82) is 0 Å². The van der Waals surface area contributed by atoms with Gasteiger partial charge in [-0.05, 0) is 19.1 Å². The number of hydrogen-bond donors (Lipinski definition) is 0. The fourth-order valence-electron chi connectivity index (χ4n) is 1.98. The van der Waals surface area contributed by atoms with E-state index in [0.717, 1.165) is 15.9 Å². The van der Waals surface area contributed by atoms with Crippen molar-refractivity contribution in [2.75, 3.05) is 0 Å². The Morgan fingerprint density at radius 2 is 1.74 bits per heavy atom. The number of aromatic nitrogens is 4. The molecule has 3 aromatic rings. The van der Waals surface area contributed by atoms with Crippen molar-refractivity contribution in [2.24, 2.45) is 7.05 Å². The molecule has 0 saturated heterocycles. The Hall–Kier alpha value is -2.63. The Kier molecular flexibility index (Phi) is 2.38. The number of fused-ring (bicyclic) bond motifs is 1. The minimum Gasteiger partial charge on any atom is -0.280 e. The van der Waals surface area contributed by atoms with Gasteiger partial charge in [0.2, 0.25) is 5.65 Å². The van der Waals surface area contributed by atoms with Gasteiger partial charge in [0.15, 0.2) is 0 Å². The number of aryl methyl sites for hydroxylation is 2. The maximum Gasteiger partial charge on any atom is 0.350 e. The summed E-state index contributed by atoms with van der Waals surface area (Å²) in [6.07, 6.45) is 3.12. The monoisotopic (exact) mass is 256 g/mol.